The van der Waals surface area contributed by atoms with E-state index >= 15 is 0 Å². The van der Waals surface area contributed by atoms with Crippen LogP contribution in [0.1, 0.15) is 18.9 Å². The molecule has 0 bridgehead atoms. The molecule has 3 rings (SSSR count). The van der Waals surface area contributed by atoms with Gasteiger partial charge in [-0.25, -0.2) is 9.97 Å². The summed E-state index contributed by atoms with van der Waals surface area (Å²) in [5.74, 6) is 1.09. The van der Waals surface area contributed by atoms with Crippen molar-refractivity contribution in [1.29, 1.82) is 0 Å². The van der Waals surface area contributed by atoms with E-state index in [1.807, 2.05) is 11.8 Å². The molecule has 0 aliphatic heterocycles. The first kappa shape index (κ1) is 13.6. The van der Waals surface area contributed by atoms with Gasteiger partial charge in [0.2, 0.25) is 0 Å². The van der Waals surface area contributed by atoms with Gasteiger partial charge in [0, 0.05) is 10.9 Å². The SMILES string of the molecule is CCCSc1ncnc2scc(-c3ccc(C)cc3)c12. The van der Waals surface area contributed by atoms with E-state index in [-0.39, 0.29) is 0 Å². The van der Waals surface area contributed by atoms with Crippen LogP contribution >= 0.6 is 23.1 Å². The van der Waals surface area contributed by atoms with Crippen molar-refractivity contribution in [3.05, 3.63) is 41.5 Å². The maximum Gasteiger partial charge on any atom is 0.128 e. The van der Waals surface area contributed by atoms with Crippen molar-refractivity contribution < 1.29 is 0 Å². The molecule has 2 aromatic heterocycles. The summed E-state index contributed by atoms with van der Waals surface area (Å²) in [7, 11) is 0. The van der Waals surface area contributed by atoms with Crippen molar-refractivity contribution in [2.24, 2.45) is 0 Å². The Hall–Kier alpha value is -1.39. The molecule has 2 nitrogen and oxygen atoms in total. The minimum atomic E-state index is 1.08. The second-order valence-corrected chi connectivity index (χ2v) is 6.66. The monoisotopic (exact) mass is 300 g/mol. The third-order valence-electron chi connectivity index (χ3n) is 3.14. The quantitative estimate of drug-likeness (QED) is 0.491. The fraction of sp³-hybridized carbons (Fsp3) is 0.250. The van der Waals surface area contributed by atoms with Gasteiger partial charge in [0.1, 0.15) is 16.2 Å². The molecule has 0 amide bonds. The first-order valence-electron chi connectivity index (χ1n) is 6.71. The molecule has 4 heteroatoms. The van der Waals surface area contributed by atoms with Gasteiger partial charge >= 0.3 is 0 Å². The molecule has 0 atom stereocenters. The first-order chi connectivity index (χ1) is 9.79. The summed E-state index contributed by atoms with van der Waals surface area (Å²) in [6, 6.07) is 8.67. The van der Waals surface area contributed by atoms with Crippen LogP contribution < -0.4 is 0 Å². The maximum absolute atomic E-state index is 4.48. The highest BCUT2D eigenvalue weighted by Crippen LogP contribution is 2.37. The molecule has 0 saturated heterocycles. The Morgan fingerprint density at radius 3 is 2.70 bits per heavy atom. The number of aryl methyl sites for hydroxylation is 1. The number of fused-ring (bicyclic) bond motifs is 1. The number of rotatable bonds is 4. The Morgan fingerprint density at radius 2 is 1.95 bits per heavy atom. The number of thioether (sulfide) groups is 1. The van der Waals surface area contributed by atoms with Crippen molar-refractivity contribution in [2.75, 3.05) is 5.75 Å². The van der Waals surface area contributed by atoms with Crippen molar-refractivity contribution in [1.82, 2.24) is 9.97 Å². The topological polar surface area (TPSA) is 25.8 Å². The molecule has 102 valence electrons. The average Bonchev–Trinajstić information content (AvgIpc) is 2.90. The summed E-state index contributed by atoms with van der Waals surface area (Å²) in [4.78, 5) is 9.96. The van der Waals surface area contributed by atoms with Gasteiger partial charge in [-0.3, -0.25) is 0 Å². The van der Waals surface area contributed by atoms with E-state index in [0.717, 1.165) is 22.0 Å². The number of nitrogens with zero attached hydrogens (tertiary/aromatic N) is 2. The van der Waals surface area contributed by atoms with E-state index in [1.54, 1.807) is 17.7 Å². The molecular formula is C16H16N2S2. The van der Waals surface area contributed by atoms with Crippen LogP contribution in [-0.4, -0.2) is 15.7 Å². The van der Waals surface area contributed by atoms with Crippen LogP contribution in [0.5, 0.6) is 0 Å². The normalized spacial score (nSPS) is 11.1. The van der Waals surface area contributed by atoms with Gasteiger partial charge in [0.25, 0.3) is 0 Å². The summed E-state index contributed by atoms with van der Waals surface area (Å²) in [6.45, 7) is 4.31. The van der Waals surface area contributed by atoms with Crippen LogP contribution in [0.15, 0.2) is 41.0 Å². The molecule has 0 saturated carbocycles. The van der Waals surface area contributed by atoms with Gasteiger partial charge in [-0.1, -0.05) is 36.8 Å². The summed E-state index contributed by atoms with van der Waals surface area (Å²) >= 11 is 3.52. The van der Waals surface area contributed by atoms with E-state index in [0.29, 0.717) is 0 Å². The van der Waals surface area contributed by atoms with Crippen LogP contribution in [0, 0.1) is 6.92 Å². The van der Waals surface area contributed by atoms with Crippen molar-refractivity contribution in [2.45, 2.75) is 25.3 Å². The fourth-order valence-corrected chi connectivity index (χ4v) is 3.95. The predicted molar refractivity (Wildman–Crippen MR) is 88.6 cm³/mol. The number of thiophene rings is 1. The molecule has 0 radical (unpaired) electrons. The lowest BCUT2D eigenvalue weighted by atomic mass is 10.1. The lowest BCUT2D eigenvalue weighted by molar-refractivity contribution is 1.08. The van der Waals surface area contributed by atoms with Gasteiger partial charge in [-0.15, -0.1) is 23.1 Å². The summed E-state index contributed by atoms with van der Waals surface area (Å²) < 4.78 is 0. The number of hydrogen-bond acceptors (Lipinski definition) is 4. The molecular weight excluding hydrogens is 284 g/mol. The van der Waals surface area contributed by atoms with Gasteiger partial charge in [0.05, 0.1) is 5.39 Å². The molecule has 0 unspecified atom stereocenters. The summed E-state index contributed by atoms with van der Waals surface area (Å²) in [6.07, 6.45) is 2.83. The third kappa shape index (κ3) is 2.58. The molecule has 0 aliphatic carbocycles. The Kier molecular flexibility index (Phi) is 4.03. The minimum Gasteiger partial charge on any atom is -0.229 e. The standard InChI is InChI=1S/C16H16N2S2/c1-3-8-19-15-14-13(9-20-16(14)18-10-17-15)12-6-4-11(2)5-7-12/h4-7,9-10H,3,8H2,1-2H3. The zero-order chi connectivity index (χ0) is 13.9. The Morgan fingerprint density at radius 1 is 1.15 bits per heavy atom. The van der Waals surface area contributed by atoms with Crippen LogP contribution in [0.3, 0.4) is 0 Å². The van der Waals surface area contributed by atoms with Crippen molar-refractivity contribution >= 4 is 33.3 Å². The molecule has 0 N–H and O–H groups in total. The molecule has 2 heterocycles. The van der Waals surface area contributed by atoms with Gasteiger partial charge < -0.3 is 0 Å². The second kappa shape index (κ2) is 5.94. The summed E-state index contributed by atoms with van der Waals surface area (Å²) in [5, 5.41) is 4.51. The fourth-order valence-electron chi connectivity index (χ4n) is 2.10. The van der Waals surface area contributed by atoms with E-state index < -0.39 is 0 Å². The number of hydrogen-bond donors (Lipinski definition) is 0. The van der Waals surface area contributed by atoms with Crippen LogP contribution in [0.4, 0.5) is 0 Å². The Bertz CT molecular complexity index is 717. The number of aromatic nitrogens is 2. The van der Waals surface area contributed by atoms with Crippen molar-refractivity contribution in [3.8, 4) is 11.1 Å². The van der Waals surface area contributed by atoms with Crippen LogP contribution in [-0.2, 0) is 0 Å². The zero-order valence-corrected chi connectivity index (χ0v) is 13.2. The molecule has 0 fully saturated rings. The van der Waals surface area contributed by atoms with Gasteiger partial charge in [-0.2, -0.15) is 0 Å². The van der Waals surface area contributed by atoms with Gasteiger partial charge in [0.15, 0.2) is 0 Å². The van der Waals surface area contributed by atoms with E-state index in [9.17, 15) is 0 Å². The second-order valence-electron chi connectivity index (χ2n) is 4.72. The maximum atomic E-state index is 4.48. The van der Waals surface area contributed by atoms with Crippen molar-refractivity contribution in [3.63, 3.8) is 0 Å². The smallest absolute Gasteiger partial charge is 0.128 e. The zero-order valence-electron chi connectivity index (χ0n) is 11.6. The Labute approximate surface area is 127 Å². The van der Waals surface area contributed by atoms with E-state index in [1.165, 1.54) is 22.1 Å². The molecule has 0 aliphatic rings. The van der Waals surface area contributed by atoms with Crippen LogP contribution in [0.25, 0.3) is 21.3 Å². The third-order valence-corrected chi connectivity index (χ3v) is 5.22. The number of benzene rings is 1. The molecule has 1 aromatic carbocycles. The highest BCUT2D eigenvalue weighted by Gasteiger charge is 2.12. The molecule has 3 aromatic rings. The highest BCUT2D eigenvalue weighted by molar-refractivity contribution is 7.99. The summed E-state index contributed by atoms with van der Waals surface area (Å²) in [5.41, 5.74) is 3.78. The lowest BCUT2D eigenvalue weighted by Crippen LogP contribution is -1.87. The van der Waals surface area contributed by atoms with Crippen LogP contribution in [0.2, 0.25) is 0 Å². The highest BCUT2D eigenvalue weighted by atomic mass is 32.2. The predicted octanol–water partition coefficient (Wildman–Crippen LogP) is 5.17. The van der Waals surface area contributed by atoms with Gasteiger partial charge in [-0.05, 0) is 24.7 Å². The largest absolute Gasteiger partial charge is 0.229 e. The minimum absolute atomic E-state index is 1.08. The average molecular weight is 300 g/mol. The molecule has 0 spiro atoms. The Balaban J connectivity index is 2.13. The van der Waals surface area contributed by atoms with E-state index in [2.05, 4.69) is 53.5 Å². The van der Waals surface area contributed by atoms with E-state index in [4.69, 9.17) is 0 Å². The lowest BCUT2D eigenvalue weighted by Gasteiger charge is -2.05. The first-order valence-corrected chi connectivity index (χ1v) is 8.58. The molecule has 20 heavy (non-hydrogen) atoms.